The van der Waals surface area contributed by atoms with E-state index in [2.05, 4.69) is 20.5 Å². The summed E-state index contributed by atoms with van der Waals surface area (Å²) in [6.07, 6.45) is 4.78. The van der Waals surface area contributed by atoms with Crippen LogP contribution in [-0.4, -0.2) is 26.7 Å². The van der Waals surface area contributed by atoms with Crippen LogP contribution in [0.2, 0.25) is 0 Å². The molecule has 0 atom stereocenters. The molecule has 3 aromatic rings. The maximum atomic E-state index is 11.8. The van der Waals surface area contributed by atoms with Gasteiger partial charge in [-0.05, 0) is 24.3 Å². The van der Waals surface area contributed by atoms with Crippen LogP contribution in [0.25, 0.3) is 11.2 Å². The number of rotatable bonds is 4. The number of nitrogens with zero attached hydrogens (tertiary/aromatic N) is 4. The van der Waals surface area contributed by atoms with Crippen molar-refractivity contribution in [2.45, 2.75) is 6.42 Å². The van der Waals surface area contributed by atoms with Gasteiger partial charge in [-0.15, -0.1) is 0 Å². The monoisotopic (exact) mass is 283 g/mol. The highest BCUT2D eigenvalue weighted by Crippen LogP contribution is 2.11. The van der Waals surface area contributed by atoms with E-state index in [-0.39, 0.29) is 12.3 Å². The number of pyridine rings is 1. The number of aryl methyl sites for hydroxylation is 1. The van der Waals surface area contributed by atoms with Crippen LogP contribution in [0.1, 0.15) is 11.6 Å². The van der Waals surface area contributed by atoms with Crippen LogP contribution in [0.3, 0.4) is 0 Å². The molecule has 3 heterocycles. The van der Waals surface area contributed by atoms with Gasteiger partial charge in [0.2, 0.25) is 5.91 Å². The Balaban J connectivity index is 1.67. The number of furan rings is 1. The Morgan fingerprint density at radius 2 is 2.38 bits per heavy atom. The van der Waals surface area contributed by atoms with Crippen molar-refractivity contribution >= 4 is 23.3 Å². The lowest BCUT2D eigenvalue weighted by Gasteiger charge is -2.01. The summed E-state index contributed by atoms with van der Waals surface area (Å²) in [5.74, 6) is 0.952. The molecule has 0 saturated heterocycles. The number of carbonyl (C=O) groups is 1. The third-order valence-electron chi connectivity index (χ3n) is 2.99. The van der Waals surface area contributed by atoms with Crippen molar-refractivity contribution in [3.63, 3.8) is 0 Å². The molecule has 7 nitrogen and oxygen atoms in total. The summed E-state index contributed by atoms with van der Waals surface area (Å²) in [6, 6.07) is 7.23. The summed E-state index contributed by atoms with van der Waals surface area (Å²) in [5.41, 5.74) is 3.95. The quantitative estimate of drug-likeness (QED) is 0.577. The summed E-state index contributed by atoms with van der Waals surface area (Å²) >= 11 is 0. The fraction of sp³-hybridized carbons (Fsp3) is 0.143. The Bertz CT molecular complexity index is 789. The molecule has 0 aliphatic carbocycles. The lowest BCUT2D eigenvalue weighted by molar-refractivity contribution is -0.120. The average Bonchev–Trinajstić information content (AvgIpc) is 3.09. The van der Waals surface area contributed by atoms with Crippen LogP contribution in [0.4, 0.5) is 0 Å². The number of amides is 1. The van der Waals surface area contributed by atoms with Crippen molar-refractivity contribution in [1.29, 1.82) is 0 Å². The largest absolute Gasteiger partial charge is 0.463 e. The first kappa shape index (κ1) is 13.0. The van der Waals surface area contributed by atoms with Crippen LogP contribution in [0, 0.1) is 0 Å². The number of imidazole rings is 1. The molecule has 3 aromatic heterocycles. The first-order chi connectivity index (χ1) is 10.2. The average molecular weight is 283 g/mol. The molecule has 0 aliphatic heterocycles. The Morgan fingerprint density at radius 3 is 3.14 bits per heavy atom. The fourth-order valence-electron chi connectivity index (χ4n) is 1.95. The highest BCUT2D eigenvalue weighted by molar-refractivity contribution is 5.82. The molecule has 0 radical (unpaired) electrons. The maximum absolute atomic E-state index is 11.8. The molecule has 0 spiro atoms. The van der Waals surface area contributed by atoms with Gasteiger partial charge in [-0.2, -0.15) is 5.10 Å². The minimum Gasteiger partial charge on any atom is -0.463 e. The number of hydrazone groups is 1. The third-order valence-corrected chi connectivity index (χ3v) is 2.99. The zero-order valence-corrected chi connectivity index (χ0v) is 11.4. The van der Waals surface area contributed by atoms with E-state index < -0.39 is 0 Å². The van der Waals surface area contributed by atoms with E-state index in [0.29, 0.717) is 17.2 Å². The molecular formula is C14H13N5O2. The van der Waals surface area contributed by atoms with Crippen molar-refractivity contribution < 1.29 is 9.21 Å². The summed E-state index contributed by atoms with van der Waals surface area (Å²) in [5, 5.41) is 3.82. The summed E-state index contributed by atoms with van der Waals surface area (Å²) in [4.78, 5) is 20.3. The molecule has 0 aromatic carbocycles. The topological polar surface area (TPSA) is 85.3 Å². The van der Waals surface area contributed by atoms with Gasteiger partial charge >= 0.3 is 0 Å². The number of aromatic nitrogens is 3. The zero-order valence-electron chi connectivity index (χ0n) is 11.4. The van der Waals surface area contributed by atoms with Crippen LogP contribution in [-0.2, 0) is 18.3 Å². The summed E-state index contributed by atoms with van der Waals surface area (Å²) in [6.45, 7) is 0. The second kappa shape index (κ2) is 5.58. The van der Waals surface area contributed by atoms with Crippen molar-refractivity contribution in [2.75, 3.05) is 0 Å². The number of hydrogen-bond acceptors (Lipinski definition) is 5. The van der Waals surface area contributed by atoms with E-state index in [9.17, 15) is 4.79 Å². The van der Waals surface area contributed by atoms with Gasteiger partial charge in [0.05, 0.1) is 24.4 Å². The Morgan fingerprint density at radius 1 is 1.48 bits per heavy atom. The molecule has 7 heteroatoms. The van der Waals surface area contributed by atoms with Crippen LogP contribution in [0.5, 0.6) is 0 Å². The van der Waals surface area contributed by atoms with Gasteiger partial charge in [-0.25, -0.2) is 15.4 Å². The molecule has 1 N–H and O–H groups in total. The number of hydrogen-bond donors (Lipinski definition) is 1. The van der Waals surface area contributed by atoms with Crippen molar-refractivity contribution in [3.05, 3.63) is 48.3 Å². The molecular weight excluding hydrogens is 270 g/mol. The van der Waals surface area contributed by atoms with Crippen molar-refractivity contribution in [2.24, 2.45) is 12.1 Å². The van der Waals surface area contributed by atoms with Crippen LogP contribution in [0.15, 0.2) is 46.2 Å². The molecule has 0 bridgehead atoms. The lowest BCUT2D eigenvalue weighted by Crippen LogP contribution is -2.21. The third kappa shape index (κ3) is 2.81. The number of carbonyl (C=O) groups excluding carboxylic acids is 1. The van der Waals surface area contributed by atoms with Gasteiger partial charge in [0.1, 0.15) is 11.6 Å². The predicted octanol–water partition coefficient (Wildman–Crippen LogP) is 1.25. The standard InChI is InChI=1S/C14H13N5O2/c1-19-11-5-2-6-15-14(11)17-12(19)8-13(20)18-16-9-10-4-3-7-21-10/h2-7,9H,8H2,1H3,(H,18,20)/b16-9+. The van der Waals surface area contributed by atoms with Gasteiger partial charge in [-0.1, -0.05) is 0 Å². The maximum Gasteiger partial charge on any atom is 0.247 e. The zero-order chi connectivity index (χ0) is 14.7. The van der Waals surface area contributed by atoms with Crippen LogP contribution < -0.4 is 5.43 Å². The predicted molar refractivity (Wildman–Crippen MR) is 76.7 cm³/mol. The number of fused-ring (bicyclic) bond motifs is 1. The van der Waals surface area contributed by atoms with Crippen molar-refractivity contribution in [1.82, 2.24) is 20.0 Å². The molecule has 106 valence electrons. The molecule has 0 unspecified atom stereocenters. The SMILES string of the molecule is Cn1c(CC(=O)N/N=C/c2ccco2)nc2ncccc21. The minimum absolute atomic E-state index is 0.127. The smallest absolute Gasteiger partial charge is 0.247 e. The first-order valence-electron chi connectivity index (χ1n) is 6.36. The highest BCUT2D eigenvalue weighted by Gasteiger charge is 2.11. The second-order valence-electron chi connectivity index (χ2n) is 4.42. The normalized spacial score (nSPS) is 11.3. The van der Waals surface area contributed by atoms with Gasteiger partial charge in [0, 0.05) is 13.2 Å². The first-order valence-corrected chi connectivity index (χ1v) is 6.36. The molecule has 21 heavy (non-hydrogen) atoms. The Kier molecular flexibility index (Phi) is 3.46. The molecule has 0 aliphatic rings. The highest BCUT2D eigenvalue weighted by atomic mass is 16.3. The van der Waals surface area contributed by atoms with E-state index >= 15 is 0 Å². The van der Waals surface area contributed by atoms with Gasteiger partial charge in [0.15, 0.2) is 5.65 Å². The van der Waals surface area contributed by atoms with E-state index in [1.165, 1.54) is 12.5 Å². The van der Waals surface area contributed by atoms with E-state index in [4.69, 9.17) is 4.42 Å². The molecule has 1 amide bonds. The van der Waals surface area contributed by atoms with Gasteiger partial charge in [0.25, 0.3) is 0 Å². The lowest BCUT2D eigenvalue weighted by atomic mass is 10.4. The summed E-state index contributed by atoms with van der Waals surface area (Å²) in [7, 11) is 1.85. The number of nitrogens with one attached hydrogen (secondary N) is 1. The van der Waals surface area contributed by atoms with Gasteiger partial charge < -0.3 is 8.98 Å². The van der Waals surface area contributed by atoms with E-state index in [1.807, 2.05) is 23.7 Å². The molecule has 0 saturated carbocycles. The Labute approximate surface area is 120 Å². The van der Waals surface area contributed by atoms with Crippen molar-refractivity contribution in [3.8, 4) is 0 Å². The van der Waals surface area contributed by atoms with Gasteiger partial charge in [-0.3, -0.25) is 4.79 Å². The van der Waals surface area contributed by atoms with E-state index in [1.54, 1.807) is 18.3 Å². The summed E-state index contributed by atoms with van der Waals surface area (Å²) < 4.78 is 6.91. The molecule has 0 fully saturated rings. The Hall–Kier alpha value is -2.96. The van der Waals surface area contributed by atoms with E-state index in [0.717, 1.165) is 5.52 Å². The molecule has 3 rings (SSSR count). The second-order valence-corrected chi connectivity index (χ2v) is 4.42. The minimum atomic E-state index is -0.254. The van der Waals surface area contributed by atoms with Crippen LogP contribution >= 0.6 is 0 Å². The fourth-order valence-corrected chi connectivity index (χ4v) is 1.95.